The molecule has 4 rings (SSSR count). The fourth-order valence-electron chi connectivity index (χ4n) is 4.83. The molecule has 1 aliphatic carbocycles. The van der Waals surface area contributed by atoms with E-state index in [0.29, 0.717) is 36.2 Å². The van der Waals surface area contributed by atoms with Gasteiger partial charge in [0.25, 0.3) is 0 Å². The summed E-state index contributed by atoms with van der Waals surface area (Å²) in [6.07, 6.45) is 8.55. The van der Waals surface area contributed by atoms with E-state index in [-0.39, 0.29) is 6.42 Å². The van der Waals surface area contributed by atoms with Crippen molar-refractivity contribution in [3.05, 3.63) is 71.4 Å². The summed E-state index contributed by atoms with van der Waals surface area (Å²) in [5.74, 6) is 2.80. The van der Waals surface area contributed by atoms with E-state index in [1.807, 2.05) is 51.1 Å². The van der Waals surface area contributed by atoms with Crippen LogP contribution in [0.4, 0.5) is 0 Å². The summed E-state index contributed by atoms with van der Waals surface area (Å²) in [5, 5.41) is 9.64. The Labute approximate surface area is 232 Å². The lowest BCUT2D eigenvalue weighted by Gasteiger charge is -2.17. The van der Waals surface area contributed by atoms with Crippen molar-refractivity contribution in [1.82, 2.24) is 4.98 Å². The van der Waals surface area contributed by atoms with Crippen molar-refractivity contribution in [2.75, 3.05) is 13.7 Å². The maximum Gasteiger partial charge on any atom is 0.345 e. The van der Waals surface area contributed by atoms with Gasteiger partial charge >= 0.3 is 5.97 Å². The zero-order chi connectivity index (χ0) is 28.0. The van der Waals surface area contributed by atoms with E-state index in [0.717, 1.165) is 35.7 Å². The summed E-state index contributed by atoms with van der Waals surface area (Å²) in [7, 11) is 1.57. The molecule has 0 radical (unpaired) electrons. The highest BCUT2D eigenvalue weighted by molar-refractivity contribution is 5.73. The Kier molecular flexibility index (Phi) is 12.2. The maximum absolute atomic E-state index is 11.8. The number of oxazole rings is 1. The smallest absolute Gasteiger partial charge is 0.345 e. The van der Waals surface area contributed by atoms with Gasteiger partial charge in [-0.15, -0.1) is 0 Å². The van der Waals surface area contributed by atoms with Crippen molar-refractivity contribution in [3.8, 4) is 17.2 Å². The number of methoxy groups -OCH3 is 1. The molecule has 2 aromatic carbocycles. The lowest BCUT2D eigenvalue weighted by molar-refractivity contribution is -0.145. The van der Waals surface area contributed by atoms with Crippen LogP contribution in [0.1, 0.15) is 87.6 Å². The predicted octanol–water partition coefficient (Wildman–Crippen LogP) is 7.54. The van der Waals surface area contributed by atoms with Gasteiger partial charge in [0.05, 0.1) is 19.4 Å². The van der Waals surface area contributed by atoms with E-state index in [2.05, 4.69) is 0 Å². The third-order valence-corrected chi connectivity index (χ3v) is 6.91. The summed E-state index contributed by atoms with van der Waals surface area (Å²) >= 11 is 0. The highest BCUT2D eigenvalue weighted by atomic mass is 16.5. The number of carbonyl (C=O) groups is 1. The van der Waals surface area contributed by atoms with E-state index in [9.17, 15) is 9.90 Å². The van der Waals surface area contributed by atoms with E-state index in [4.69, 9.17) is 23.6 Å². The number of para-hydroxylation sites is 1. The van der Waals surface area contributed by atoms with Crippen molar-refractivity contribution in [3.63, 3.8) is 0 Å². The summed E-state index contributed by atoms with van der Waals surface area (Å²) in [5.41, 5.74) is 1.72. The molecule has 0 aliphatic heterocycles. The van der Waals surface area contributed by atoms with Crippen molar-refractivity contribution < 1.29 is 28.5 Å². The van der Waals surface area contributed by atoms with Crippen molar-refractivity contribution >= 4 is 5.97 Å². The molecule has 39 heavy (non-hydrogen) atoms. The van der Waals surface area contributed by atoms with Gasteiger partial charge in [-0.3, -0.25) is 0 Å². The molecule has 1 unspecified atom stereocenters. The highest BCUT2D eigenvalue weighted by Crippen LogP contribution is 2.32. The lowest BCUT2D eigenvalue weighted by atomic mass is 9.91. The van der Waals surface area contributed by atoms with Crippen LogP contribution < -0.4 is 14.2 Å². The minimum atomic E-state index is -1.02. The largest absolute Gasteiger partial charge is 0.493 e. The minimum absolute atomic E-state index is 0.197. The first-order valence-corrected chi connectivity index (χ1v) is 14.2. The second kappa shape index (κ2) is 15.8. The van der Waals surface area contributed by atoms with Gasteiger partial charge in [-0.25, -0.2) is 9.78 Å². The van der Waals surface area contributed by atoms with Gasteiger partial charge in [0.1, 0.15) is 11.5 Å². The van der Waals surface area contributed by atoms with Gasteiger partial charge < -0.3 is 23.7 Å². The monoisotopic (exact) mass is 537 g/mol. The van der Waals surface area contributed by atoms with E-state index < -0.39 is 12.1 Å². The van der Waals surface area contributed by atoms with E-state index in [1.165, 1.54) is 32.1 Å². The van der Waals surface area contributed by atoms with Crippen molar-refractivity contribution in [2.24, 2.45) is 0 Å². The first-order valence-electron chi connectivity index (χ1n) is 14.2. The van der Waals surface area contributed by atoms with Crippen LogP contribution in [0.25, 0.3) is 0 Å². The zero-order valence-corrected chi connectivity index (χ0v) is 23.8. The number of rotatable bonds is 11. The Balaban J connectivity index is 0.00000205. The number of benzene rings is 2. The molecule has 1 atom stereocenters. The third-order valence-electron chi connectivity index (χ3n) is 6.91. The molecule has 0 saturated heterocycles. The molecule has 1 heterocycles. The Bertz CT molecular complexity index is 1130. The van der Waals surface area contributed by atoms with E-state index >= 15 is 0 Å². The average Bonchev–Trinajstić information content (AvgIpc) is 3.30. The molecule has 7 nitrogen and oxygen atoms in total. The normalized spacial score (nSPS) is 14.8. The number of aryl methyl sites for hydroxylation is 1. The fourth-order valence-corrected chi connectivity index (χ4v) is 4.83. The second-order valence-corrected chi connectivity index (χ2v) is 9.64. The first kappa shape index (κ1) is 30.1. The summed E-state index contributed by atoms with van der Waals surface area (Å²) in [4.78, 5) is 16.6. The quantitative estimate of drug-likeness (QED) is 0.270. The molecule has 0 spiro atoms. The van der Waals surface area contributed by atoms with Crippen LogP contribution in [-0.2, 0) is 17.6 Å². The molecule has 1 aliphatic rings. The molecular formula is C32H43NO6. The number of hydrogen-bond donors (Lipinski definition) is 1. The van der Waals surface area contributed by atoms with Gasteiger partial charge in [-0.1, -0.05) is 70.2 Å². The Hall–Kier alpha value is -3.48. The fraction of sp³-hybridized carbons (Fsp3) is 0.500. The Morgan fingerprint density at radius 2 is 1.72 bits per heavy atom. The number of aliphatic carboxylic acids is 1. The van der Waals surface area contributed by atoms with Gasteiger partial charge in [0.2, 0.25) is 0 Å². The number of ether oxygens (including phenoxy) is 3. The molecule has 1 N–H and O–H groups in total. The molecule has 1 fully saturated rings. The van der Waals surface area contributed by atoms with Gasteiger partial charge in [0.15, 0.2) is 23.5 Å². The van der Waals surface area contributed by atoms with Gasteiger partial charge in [0, 0.05) is 18.8 Å². The third kappa shape index (κ3) is 9.05. The number of nitrogens with zero attached hydrogens (tertiary/aromatic N) is 1. The predicted molar refractivity (Wildman–Crippen MR) is 152 cm³/mol. The van der Waals surface area contributed by atoms with E-state index in [1.54, 1.807) is 25.3 Å². The minimum Gasteiger partial charge on any atom is -0.493 e. The van der Waals surface area contributed by atoms with Crippen LogP contribution in [0.15, 0.2) is 52.9 Å². The lowest BCUT2D eigenvalue weighted by Crippen LogP contribution is -2.29. The Morgan fingerprint density at radius 3 is 2.38 bits per heavy atom. The molecular weight excluding hydrogens is 494 g/mol. The number of hydrogen-bond acceptors (Lipinski definition) is 6. The van der Waals surface area contributed by atoms with Crippen LogP contribution >= 0.6 is 0 Å². The zero-order valence-electron chi connectivity index (χ0n) is 23.8. The highest BCUT2D eigenvalue weighted by Gasteiger charge is 2.22. The summed E-state index contributed by atoms with van der Waals surface area (Å²) in [6.45, 7) is 6.41. The van der Waals surface area contributed by atoms with Crippen molar-refractivity contribution in [2.45, 2.75) is 90.6 Å². The SMILES string of the molecule is CC.COc1cc(CC(Oc2ccccc2)C(=O)O)ccc1OCCc1nc(C2CCCCCCC2)oc1C. The topological polar surface area (TPSA) is 91.0 Å². The number of carboxylic acid groups (broad SMARTS) is 1. The molecule has 3 aromatic rings. The maximum atomic E-state index is 11.8. The average molecular weight is 538 g/mol. The summed E-state index contributed by atoms with van der Waals surface area (Å²) < 4.78 is 23.3. The molecule has 0 amide bonds. The van der Waals surface area contributed by atoms with Crippen LogP contribution in [0, 0.1) is 6.92 Å². The molecule has 7 heteroatoms. The Morgan fingerprint density at radius 1 is 1.03 bits per heavy atom. The molecule has 1 saturated carbocycles. The number of carboxylic acids is 1. The standard InChI is InChI=1S/C30H37NO6.C2H6/c1-21-25(31-29(36-21)23-11-7-4-3-5-8-12-23)17-18-35-26-16-15-22(19-27(26)34-2)20-28(30(32)33)37-24-13-9-6-10-14-24;1-2/h6,9-10,13-16,19,23,28H,3-5,7-8,11-12,17-18,20H2,1-2H3,(H,32,33);1-2H3. The van der Waals surface area contributed by atoms with Crippen molar-refractivity contribution in [1.29, 1.82) is 0 Å². The molecule has 1 aromatic heterocycles. The van der Waals surface area contributed by atoms with Crippen LogP contribution in [0.2, 0.25) is 0 Å². The first-order chi connectivity index (χ1) is 19.0. The van der Waals surface area contributed by atoms with Gasteiger partial charge in [-0.2, -0.15) is 0 Å². The van der Waals surface area contributed by atoms with Crippen LogP contribution in [0.5, 0.6) is 17.2 Å². The van der Waals surface area contributed by atoms with Crippen LogP contribution in [-0.4, -0.2) is 35.9 Å². The second-order valence-electron chi connectivity index (χ2n) is 9.64. The summed E-state index contributed by atoms with van der Waals surface area (Å²) in [6, 6.07) is 14.4. The van der Waals surface area contributed by atoms with Crippen LogP contribution in [0.3, 0.4) is 0 Å². The molecule has 0 bridgehead atoms. The molecule has 212 valence electrons. The number of aromatic nitrogens is 1. The van der Waals surface area contributed by atoms with Gasteiger partial charge in [-0.05, 0) is 49.6 Å².